The van der Waals surface area contributed by atoms with Gasteiger partial charge in [0.2, 0.25) is 0 Å². The first-order valence-electron chi connectivity index (χ1n) is 42.2. The van der Waals surface area contributed by atoms with Gasteiger partial charge in [0.1, 0.15) is 19.3 Å². The van der Waals surface area contributed by atoms with Gasteiger partial charge in [0.25, 0.3) is 0 Å². The molecule has 17 nitrogen and oxygen atoms in total. The predicted octanol–water partition coefficient (Wildman–Crippen LogP) is 24.4. The van der Waals surface area contributed by atoms with Crippen LogP contribution in [-0.4, -0.2) is 96.7 Å². The van der Waals surface area contributed by atoms with E-state index in [9.17, 15) is 43.2 Å². The number of rotatable bonds is 81. The standard InChI is InChI=1S/C81H158O17P2/c1-6-10-13-16-19-22-24-26-27-30-34-37-41-45-50-55-60-65-79(84)92-71-77(98-81(86)67-62-57-52-47-42-38-35-32-29-28-31-33-36-39-44-48-53-58-63-74(5)9-4)73-96-100(89,90)94-69-75(82)68-93-99(87,88)95-72-76(70-91-78(83)64-59-54-49-43-21-18-15-12-8-3)97-80(85)66-61-56-51-46-40-25-23-20-17-14-11-7-2/h74-77,82H,6-73H2,1-5H3,(H,87,88)(H,89,90)/t74?,75-,76+,77+/m0/s1. The second kappa shape index (κ2) is 73.9. The SMILES string of the molecule is CCCCCCCCCCCCCCCCCCCC(=O)OC[C@H](COP(=O)(O)OC[C@@H](O)COP(=O)(O)OC[C@@H](COC(=O)CCCCCCCCCCC)OC(=O)CCCCCCCCCCCCCC)OC(=O)CCCCCCCCCCCCCCCCCCCCC(C)CC. The molecule has 0 radical (unpaired) electrons. The highest BCUT2D eigenvalue weighted by molar-refractivity contribution is 7.47. The average molecular weight is 1470 g/mol. The van der Waals surface area contributed by atoms with E-state index in [0.717, 1.165) is 95.8 Å². The molecule has 0 aliphatic heterocycles. The van der Waals surface area contributed by atoms with Crippen LogP contribution >= 0.6 is 15.6 Å². The summed E-state index contributed by atoms with van der Waals surface area (Å²) >= 11 is 0. The zero-order valence-corrected chi connectivity index (χ0v) is 67.1. The Bertz CT molecular complexity index is 1910. The molecule has 19 heteroatoms. The molecule has 6 atom stereocenters. The Hall–Kier alpha value is -1.94. The van der Waals surface area contributed by atoms with Gasteiger partial charge in [-0.25, -0.2) is 9.13 Å². The van der Waals surface area contributed by atoms with Crippen LogP contribution in [0.25, 0.3) is 0 Å². The molecule has 0 amide bonds. The number of phosphoric acid groups is 2. The molecule has 0 heterocycles. The van der Waals surface area contributed by atoms with Crippen LogP contribution in [0.5, 0.6) is 0 Å². The average Bonchev–Trinajstić information content (AvgIpc) is 0.920. The summed E-state index contributed by atoms with van der Waals surface area (Å²) < 4.78 is 68.6. The van der Waals surface area contributed by atoms with Crippen molar-refractivity contribution in [1.29, 1.82) is 0 Å². The van der Waals surface area contributed by atoms with Crippen molar-refractivity contribution in [2.75, 3.05) is 39.6 Å². The number of phosphoric ester groups is 2. The number of hydrogen-bond donors (Lipinski definition) is 3. The Kier molecular flexibility index (Phi) is 72.5. The summed E-state index contributed by atoms with van der Waals surface area (Å²) in [6, 6.07) is 0. The van der Waals surface area contributed by atoms with Crippen LogP contribution in [0.4, 0.5) is 0 Å². The number of esters is 4. The number of ether oxygens (including phenoxy) is 4. The lowest BCUT2D eigenvalue weighted by molar-refractivity contribution is -0.161. The topological polar surface area (TPSA) is 237 Å². The van der Waals surface area contributed by atoms with E-state index >= 15 is 0 Å². The Labute approximate surface area is 613 Å². The third-order valence-electron chi connectivity index (χ3n) is 19.4. The van der Waals surface area contributed by atoms with Crippen LogP contribution in [0.2, 0.25) is 0 Å². The van der Waals surface area contributed by atoms with Crippen LogP contribution in [0, 0.1) is 5.92 Å². The van der Waals surface area contributed by atoms with Gasteiger partial charge in [0, 0.05) is 25.7 Å². The fourth-order valence-corrected chi connectivity index (χ4v) is 14.1. The van der Waals surface area contributed by atoms with Gasteiger partial charge in [-0.15, -0.1) is 0 Å². The second-order valence-electron chi connectivity index (χ2n) is 29.4. The van der Waals surface area contributed by atoms with Crippen molar-refractivity contribution >= 4 is 39.5 Å². The zero-order chi connectivity index (χ0) is 73.4. The summed E-state index contributed by atoms with van der Waals surface area (Å²) in [5.41, 5.74) is 0. The normalized spacial score (nSPS) is 14.1. The molecule has 3 unspecified atom stereocenters. The molecule has 0 aliphatic rings. The van der Waals surface area contributed by atoms with E-state index in [2.05, 4.69) is 34.6 Å². The maximum absolute atomic E-state index is 13.1. The quantitative estimate of drug-likeness (QED) is 0.0222. The van der Waals surface area contributed by atoms with Crippen molar-refractivity contribution in [2.24, 2.45) is 5.92 Å². The van der Waals surface area contributed by atoms with Crippen molar-refractivity contribution in [3.63, 3.8) is 0 Å². The smallest absolute Gasteiger partial charge is 0.462 e. The summed E-state index contributed by atoms with van der Waals surface area (Å²) in [6.07, 6.45) is 65.2. The molecule has 100 heavy (non-hydrogen) atoms. The molecule has 0 aliphatic carbocycles. The minimum absolute atomic E-state index is 0.108. The number of carbonyl (C=O) groups is 4. The monoisotopic (exact) mass is 1470 g/mol. The van der Waals surface area contributed by atoms with Crippen LogP contribution in [0.15, 0.2) is 0 Å². The number of unbranched alkanes of at least 4 members (excludes halogenated alkanes) is 52. The minimum atomic E-state index is -4.96. The molecule has 0 rings (SSSR count). The Balaban J connectivity index is 5.19. The fraction of sp³-hybridized carbons (Fsp3) is 0.951. The zero-order valence-electron chi connectivity index (χ0n) is 65.3. The number of carbonyl (C=O) groups excluding carboxylic acids is 4. The van der Waals surface area contributed by atoms with Crippen molar-refractivity contribution in [1.82, 2.24) is 0 Å². The summed E-state index contributed by atoms with van der Waals surface area (Å²) in [4.78, 5) is 72.9. The fourth-order valence-electron chi connectivity index (χ4n) is 12.6. The van der Waals surface area contributed by atoms with Gasteiger partial charge >= 0.3 is 39.5 Å². The Morgan fingerprint density at radius 1 is 0.280 bits per heavy atom. The van der Waals surface area contributed by atoms with Gasteiger partial charge in [-0.3, -0.25) is 37.3 Å². The van der Waals surface area contributed by atoms with Crippen LogP contribution < -0.4 is 0 Å². The van der Waals surface area contributed by atoms with E-state index in [0.29, 0.717) is 25.7 Å². The van der Waals surface area contributed by atoms with E-state index in [1.807, 2.05) is 0 Å². The Morgan fingerprint density at radius 2 is 0.480 bits per heavy atom. The molecule has 3 N–H and O–H groups in total. The third-order valence-corrected chi connectivity index (χ3v) is 21.3. The largest absolute Gasteiger partial charge is 0.472 e. The lowest BCUT2D eigenvalue weighted by Crippen LogP contribution is -2.30. The van der Waals surface area contributed by atoms with Gasteiger partial charge in [-0.05, 0) is 31.6 Å². The molecule has 0 fully saturated rings. The first kappa shape index (κ1) is 98.1. The van der Waals surface area contributed by atoms with Crippen LogP contribution in [0.1, 0.15) is 433 Å². The number of aliphatic hydroxyl groups is 1. The van der Waals surface area contributed by atoms with Crippen molar-refractivity contribution in [3.05, 3.63) is 0 Å². The minimum Gasteiger partial charge on any atom is -0.462 e. The summed E-state index contributed by atoms with van der Waals surface area (Å²) in [5, 5.41) is 10.6. The summed E-state index contributed by atoms with van der Waals surface area (Å²) in [6.45, 7) is 7.38. The molecule has 0 aromatic rings. The lowest BCUT2D eigenvalue weighted by Gasteiger charge is -2.21. The van der Waals surface area contributed by atoms with E-state index in [4.69, 9.17) is 37.0 Å². The highest BCUT2D eigenvalue weighted by Gasteiger charge is 2.30. The van der Waals surface area contributed by atoms with Crippen LogP contribution in [-0.2, 0) is 65.4 Å². The van der Waals surface area contributed by atoms with Gasteiger partial charge in [-0.2, -0.15) is 0 Å². The maximum Gasteiger partial charge on any atom is 0.472 e. The first-order valence-corrected chi connectivity index (χ1v) is 45.2. The van der Waals surface area contributed by atoms with Crippen molar-refractivity contribution < 1.29 is 80.2 Å². The highest BCUT2D eigenvalue weighted by Crippen LogP contribution is 2.45. The van der Waals surface area contributed by atoms with Gasteiger partial charge in [0.15, 0.2) is 12.2 Å². The van der Waals surface area contributed by atoms with Gasteiger partial charge in [0.05, 0.1) is 26.4 Å². The summed E-state index contributed by atoms with van der Waals surface area (Å²) in [5.74, 6) is -1.24. The first-order chi connectivity index (χ1) is 48.6. The molecule has 0 aromatic heterocycles. The molecule has 0 saturated carbocycles. The van der Waals surface area contributed by atoms with E-state index in [1.165, 1.54) is 257 Å². The highest BCUT2D eigenvalue weighted by atomic mass is 31.2. The maximum atomic E-state index is 13.1. The Morgan fingerprint density at radius 3 is 0.710 bits per heavy atom. The lowest BCUT2D eigenvalue weighted by atomic mass is 9.99. The molecule has 0 spiro atoms. The molecular formula is C81H158O17P2. The molecular weight excluding hydrogens is 1310 g/mol. The summed E-state index contributed by atoms with van der Waals surface area (Å²) in [7, 11) is -9.91. The molecule has 0 aromatic carbocycles. The molecule has 0 saturated heterocycles. The van der Waals surface area contributed by atoms with E-state index in [-0.39, 0.29) is 25.7 Å². The van der Waals surface area contributed by atoms with Crippen LogP contribution in [0.3, 0.4) is 0 Å². The number of aliphatic hydroxyl groups excluding tert-OH is 1. The van der Waals surface area contributed by atoms with Crippen molar-refractivity contribution in [3.8, 4) is 0 Å². The van der Waals surface area contributed by atoms with E-state index < -0.39 is 97.5 Å². The van der Waals surface area contributed by atoms with Gasteiger partial charge in [-0.1, -0.05) is 381 Å². The predicted molar refractivity (Wildman–Crippen MR) is 409 cm³/mol. The second-order valence-corrected chi connectivity index (χ2v) is 32.3. The third kappa shape index (κ3) is 73.0. The molecule has 594 valence electrons. The molecule has 0 bridgehead atoms. The van der Waals surface area contributed by atoms with Crippen molar-refractivity contribution in [2.45, 2.75) is 451 Å². The van der Waals surface area contributed by atoms with E-state index in [1.54, 1.807) is 0 Å². The van der Waals surface area contributed by atoms with Gasteiger partial charge < -0.3 is 33.8 Å². The number of hydrogen-bond acceptors (Lipinski definition) is 15.